The average Bonchev–Trinajstić information content (AvgIpc) is 3.26. The van der Waals surface area contributed by atoms with E-state index in [0.29, 0.717) is 11.5 Å². The van der Waals surface area contributed by atoms with E-state index in [4.69, 9.17) is 5.11 Å². The van der Waals surface area contributed by atoms with E-state index in [1.165, 1.54) is 12.8 Å². The van der Waals surface area contributed by atoms with Gasteiger partial charge in [-0.25, -0.2) is 4.79 Å². The van der Waals surface area contributed by atoms with Crippen molar-refractivity contribution in [3.63, 3.8) is 0 Å². The molecule has 1 aliphatic carbocycles. The second-order valence-corrected chi connectivity index (χ2v) is 5.62. The fraction of sp³-hybridized carbons (Fsp3) is 0.250. The van der Waals surface area contributed by atoms with Crippen LogP contribution in [0.1, 0.15) is 28.8 Å². The molecule has 5 heteroatoms. The zero-order valence-electron chi connectivity index (χ0n) is 11.3. The van der Waals surface area contributed by atoms with Gasteiger partial charge in [-0.1, -0.05) is 0 Å². The molecule has 1 atom stereocenters. The number of nitrogens with zero attached hydrogens (tertiary/aromatic N) is 1. The molecule has 106 valence electrons. The predicted octanol–water partition coefficient (Wildman–Crippen LogP) is 2.62. The van der Waals surface area contributed by atoms with Gasteiger partial charge >= 0.3 is 5.97 Å². The first-order valence-corrected chi connectivity index (χ1v) is 7.07. The third kappa shape index (κ3) is 2.11. The van der Waals surface area contributed by atoms with Crippen molar-refractivity contribution in [3.05, 3.63) is 41.7 Å². The summed E-state index contributed by atoms with van der Waals surface area (Å²) in [5.41, 5.74) is 3.14. The van der Waals surface area contributed by atoms with Crippen LogP contribution in [0, 0.1) is 5.92 Å². The number of aromatic nitrogens is 1. The quantitative estimate of drug-likeness (QED) is 0.809. The van der Waals surface area contributed by atoms with Crippen molar-refractivity contribution in [2.75, 3.05) is 0 Å². The van der Waals surface area contributed by atoms with Gasteiger partial charge in [-0.2, -0.15) is 0 Å². The lowest BCUT2D eigenvalue weighted by Crippen LogP contribution is -2.33. The molecule has 1 aromatic heterocycles. The van der Waals surface area contributed by atoms with Crippen LogP contribution in [0.25, 0.3) is 16.6 Å². The van der Waals surface area contributed by atoms with Crippen molar-refractivity contribution in [2.24, 2.45) is 10.9 Å². The molecule has 4 rings (SSSR count). The molecular weight excluding hydrogens is 266 g/mol. The van der Waals surface area contributed by atoms with Crippen molar-refractivity contribution >= 4 is 28.8 Å². The molecule has 2 aliphatic rings. The number of aliphatic imine (C=N–C) groups is 1. The highest BCUT2D eigenvalue weighted by Gasteiger charge is 2.31. The van der Waals surface area contributed by atoms with E-state index in [-0.39, 0.29) is 6.04 Å². The fourth-order valence-corrected chi connectivity index (χ4v) is 2.78. The van der Waals surface area contributed by atoms with E-state index in [0.717, 1.165) is 22.2 Å². The van der Waals surface area contributed by atoms with Gasteiger partial charge in [-0.15, -0.1) is 0 Å². The Morgan fingerprint density at radius 3 is 2.95 bits per heavy atom. The smallest absolute Gasteiger partial charge is 0.335 e. The lowest BCUT2D eigenvalue weighted by Gasteiger charge is -2.20. The Morgan fingerprint density at radius 1 is 1.33 bits per heavy atom. The van der Waals surface area contributed by atoms with Crippen LogP contribution in [0.2, 0.25) is 0 Å². The summed E-state index contributed by atoms with van der Waals surface area (Å²) in [6.07, 6.45) is 8.15. The van der Waals surface area contributed by atoms with E-state index in [1.807, 2.05) is 12.4 Å². The van der Waals surface area contributed by atoms with Crippen molar-refractivity contribution in [1.82, 2.24) is 10.3 Å². The number of hydrogen-bond acceptors (Lipinski definition) is 3. The molecule has 1 unspecified atom stereocenters. The molecule has 2 aromatic rings. The topological polar surface area (TPSA) is 77.5 Å². The number of aromatic amines is 1. The molecule has 1 saturated carbocycles. The molecule has 5 nitrogen and oxygen atoms in total. The number of carbonyl (C=O) groups is 1. The largest absolute Gasteiger partial charge is 0.478 e. The molecule has 0 saturated heterocycles. The van der Waals surface area contributed by atoms with E-state index in [2.05, 4.69) is 15.3 Å². The zero-order chi connectivity index (χ0) is 14.4. The molecule has 3 N–H and O–H groups in total. The van der Waals surface area contributed by atoms with Gasteiger partial charge < -0.3 is 15.4 Å². The monoisotopic (exact) mass is 281 g/mol. The van der Waals surface area contributed by atoms with Crippen LogP contribution in [0.15, 0.2) is 35.6 Å². The molecule has 2 heterocycles. The molecule has 0 amide bonds. The van der Waals surface area contributed by atoms with Crippen molar-refractivity contribution in [1.29, 1.82) is 0 Å². The Morgan fingerprint density at radius 2 is 2.19 bits per heavy atom. The summed E-state index contributed by atoms with van der Waals surface area (Å²) in [7, 11) is 0. The standard InChI is InChI=1S/C16H15N3O2/c20-16(21)10-3-4-13-11(5-10)12(6-18-13)15-8-17-7-14(19-15)9-1-2-9/h3-9,14,18-19H,1-2H2,(H,20,21). The fourth-order valence-electron chi connectivity index (χ4n) is 2.78. The normalized spacial score (nSPS) is 21.1. The van der Waals surface area contributed by atoms with Gasteiger partial charge in [0.05, 0.1) is 23.5 Å². The minimum atomic E-state index is -0.913. The highest BCUT2D eigenvalue weighted by Crippen LogP contribution is 2.34. The number of fused-ring (bicyclic) bond motifs is 1. The SMILES string of the molecule is O=C(O)c1ccc2[nH]cc(C3=CN=CC(C4CC4)N3)c2c1. The number of H-pyrrole nitrogens is 1. The Kier molecular flexibility index (Phi) is 2.60. The van der Waals surface area contributed by atoms with Crippen LogP contribution < -0.4 is 5.32 Å². The lowest BCUT2D eigenvalue weighted by atomic mass is 10.1. The molecule has 0 spiro atoms. The Balaban J connectivity index is 1.75. The number of carboxylic acid groups (broad SMARTS) is 1. The van der Waals surface area contributed by atoms with Crippen molar-refractivity contribution in [3.8, 4) is 0 Å². The van der Waals surface area contributed by atoms with Gasteiger partial charge in [-0.3, -0.25) is 4.99 Å². The Labute approximate surface area is 121 Å². The van der Waals surface area contributed by atoms with Gasteiger partial charge in [0.25, 0.3) is 0 Å². The van der Waals surface area contributed by atoms with Gasteiger partial charge in [0, 0.05) is 28.9 Å². The molecule has 1 aliphatic heterocycles. The summed E-state index contributed by atoms with van der Waals surface area (Å²) in [6.45, 7) is 0. The van der Waals surface area contributed by atoms with E-state index in [1.54, 1.807) is 24.4 Å². The van der Waals surface area contributed by atoms with E-state index >= 15 is 0 Å². The van der Waals surface area contributed by atoms with Crippen molar-refractivity contribution < 1.29 is 9.90 Å². The van der Waals surface area contributed by atoms with Crippen LogP contribution in [-0.4, -0.2) is 28.3 Å². The minimum Gasteiger partial charge on any atom is -0.478 e. The highest BCUT2D eigenvalue weighted by molar-refractivity contribution is 5.98. The number of carboxylic acids is 1. The van der Waals surface area contributed by atoms with Gasteiger partial charge in [0.1, 0.15) is 0 Å². The van der Waals surface area contributed by atoms with Crippen LogP contribution in [0.5, 0.6) is 0 Å². The maximum atomic E-state index is 11.1. The molecule has 0 radical (unpaired) electrons. The van der Waals surface area contributed by atoms with E-state index in [9.17, 15) is 4.79 Å². The maximum Gasteiger partial charge on any atom is 0.335 e. The summed E-state index contributed by atoms with van der Waals surface area (Å²) in [5.74, 6) is -0.235. The number of nitrogens with one attached hydrogen (secondary N) is 2. The summed E-state index contributed by atoms with van der Waals surface area (Å²) in [5, 5.41) is 13.5. The lowest BCUT2D eigenvalue weighted by molar-refractivity contribution is 0.0697. The molecular formula is C16H15N3O2. The van der Waals surface area contributed by atoms with Crippen LogP contribution in [0.3, 0.4) is 0 Å². The Hall–Kier alpha value is -2.56. The van der Waals surface area contributed by atoms with Gasteiger partial charge in [-0.05, 0) is 37.0 Å². The average molecular weight is 281 g/mol. The van der Waals surface area contributed by atoms with Crippen LogP contribution in [0.4, 0.5) is 0 Å². The first-order chi connectivity index (χ1) is 10.2. The third-order valence-corrected chi connectivity index (χ3v) is 4.12. The first-order valence-electron chi connectivity index (χ1n) is 7.07. The number of rotatable bonds is 3. The summed E-state index contributed by atoms with van der Waals surface area (Å²) < 4.78 is 0. The first kappa shape index (κ1) is 12.2. The predicted molar refractivity (Wildman–Crippen MR) is 81.4 cm³/mol. The van der Waals surface area contributed by atoms with Gasteiger partial charge in [0.15, 0.2) is 0 Å². The molecule has 21 heavy (non-hydrogen) atoms. The summed E-state index contributed by atoms with van der Waals surface area (Å²) in [4.78, 5) is 18.7. The number of benzene rings is 1. The second kappa shape index (κ2) is 4.48. The highest BCUT2D eigenvalue weighted by atomic mass is 16.4. The summed E-state index contributed by atoms with van der Waals surface area (Å²) in [6, 6.07) is 5.40. The van der Waals surface area contributed by atoms with Crippen molar-refractivity contribution in [2.45, 2.75) is 18.9 Å². The zero-order valence-corrected chi connectivity index (χ0v) is 11.3. The molecule has 1 aromatic carbocycles. The third-order valence-electron chi connectivity index (χ3n) is 4.12. The minimum absolute atomic E-state index is 0.289. The van der Waals surface area contributed by atoms with Gasteiger partial charge in [0.2, 0.25) is 0 Å². The number of aromatic carboxylic acids is 1. The molecule has 1 fully saturated rings. The second-order valence-electron chi connectivity index (χ2n) is 5.62. The van der Waals surface area contributed by atoms with Crippen LogP contribution >= 0.6 is 0 Å². The number of hydrogen-bond donors (Lipinski definition) is 3. The van der Waals surface area contributed by atoms with Crippen LogP contribution in [-0.2, 0) is 0 Å². The van der Waals surface area contributed by atoms with E-state index < -0.39 is 5.97 Å². The molecule has 0 bridgehead atoms. The Bertz CT molecular complexity index is 784. The maximum absolute atomic E-state index is 11.1. The summed E-state index contributed by atoms with van der Waals surface area (Å²) >= 11 is 0.